The van der Waals surface area contributed by atoms with Gasteiger partial charge in [-0.05, 0) is 61.6 Å². The molecular formula is C21H22F3NO5S. The number of halogens is 3. The highest BCUT2D eigenvalue weighted by Crippen LogP contribution is 2.31. The van der Waals surface area contributed by atoms with Gasteiger partial charge in [-0.2, -0.15) is 0 Å². The van der Waals surface area contributed by atoms with E-state index in [2.05, 4.69) is 5.32 Å². The fraction of sp³-hybridized carbons (Fsp3) is 0.381. The largest absolute Gasteiger partial charge is 0.496 e. The number of carbonyl (C=O) groups is 1. The topological polar surface area (TPSA) is 92.7 Å². The van der Waals surface area contributed by atoms with Crippen LogP contribution in [0.2, 0.25) is 0 Å². The molecule has 2 N–H and O–H groups in total. The molecule has 10 heteroatoms. The van der Waals surface area contributed by atoms with Crippen LogP contribution in [0.15, 0.2) is 41.3 Å². The van der Waals surface area contributed by atoms with E-state index in [9.17, 15) is 31.5 Å². The number of anilines is 1. The predicted octanol–water partition coefficient (Wildman–Crippen LogP) is 3.96. The molecule has 1 saturated carbocycles. The average Bonchev–Trinajstić information content (AvgIpc) is 3.12. The quantitative estimate of drug-likeness (QED) is 0.657. The number of aliphatic hydroxyl groups excluding tert-OH is 1. The van der Waals surface area contributed by atoms with Gasteiger partial charge in [-0.25, -0.2) is 21.6 Å². The lowest BCUT2D eigenvalue weighted by molar-refractivity contribution is 0.102. The van der Waals surface area contributed by atoms with Crippen molar-refractivity contribution in [3.8, 4) is 5.75 Å². The molecule has 3 rings (SSSR count). The molecule has 1 amide bonds. The number of sulfone groups is 1. The Kier molecular flexibility index (Phi) is 6.90. The zero-order chi connectivity index (χ0) is 22.8. The zero-order valence-electron chi connectivity index (χ0n) is 16.6. The Labute approximate surface area is 178 Å². The summed E-state index contributed by atoms with van der Waals surface area (Å²) in [5.74, 6) is -2.14. The molecule has 0 aromatic heterocycles. The summed E-state index contributed by atoms with van der Waals surface area (Å²) in [4.78, 5) is 12.6. The van der Waals surface area contributed by atoms with Crippen LogP contribution >= 0.6 is 0 Å². The number of hydrogen-bond acceptors (Lipinski definition) is 5. The van der Waals surface area contributed by atoms with Crippen molar-refractivity contribution in [2.24, 2.45) is 5.92 Å². The van der Waals surface area contributed by atoms with Crippen molar-refractivity contribution in [3.63, 3.8) is 0 Å². The minimum Gasteiger partial charge on any atom is -0.496 e. The van der Waals surface area contributed by atoms with Crippen molar-refractivity contribution < 1.29 is 36.2 Å². The molecule has 1 unspecified atom stereocenters. The standard InChI is InChI=1S/C21H22F3NO5S/c1-30-19-7-5-15(31(28,29)11-12-2-4-14(26)8-12)10-17(19)21(27)25-13-3-6-18(22)16(9-13)20(23)24/h3,5-7,9-10,12,14,20,26H,2,4,8,11H2,1H3,(H,25,27)/t12?,14-/m0/s1. The van der Waals surface area contributed by atoms with Crippen LogP contribution < -0.4 is 10.1 Å². The lowest BCUT2D eigenvalue weighted by atomic mass is 10.1. The molecule has 1 fully saturated rings. The third kappa shape index (κ3) is 5.37. The number of aliphatic hydroxyl groups is 1. The van der Waals surface area contributed by atoms with E-state index in [-0.39, 0.29) is 33.6 Å². The highest BCUT2D eigenvalue weighted by molar-refractivity contribution is 7.91. The SMILES string of the molecule is COc1ccc(S(=O)(=O)CC2CC[C@H](O)C2)cc1C(=O)Nc1ccc(F)c(C(F)F)c1. The lowest BCUT2D eigenvalue weighted by Gasteiger charge is -2.14. The molecule has 0 spiro atoms. The molecule has 31 heavy (non-hydrogen) atoms. The van der Waals surface area contributed by atoms with E-state index in [0.29, 0.717) is 19.3 Å². The summed E-state index contributed by atoms with van der Waals surface area (Å²) in [6.45, 7) is 0. The van der Waals surface area contributed by atoms with Crippen LogP contribution in [0.3, 0.4) is 0 Å². The first-order valence-electron chi connectivity index (χ1n) is 9.58. The van der Waals surface area contributed by atoms with Crippen molar-refractivity contribution in [2.45, 2.75) is 36.7 Å². The minimum absolute atomic E-state index is 0.0723. The summed E-state index contributed by atoms with van der Waals surface area (Å²) >= 11 is 0. The molecule has 0 saturated heterocycles. The smallest absolute Gasteiger partial charge is 0.266 e. The number of alkyl halides is 2. The van der Waals surface area contributed by atoms with Gasteiger partial charge in [0.05, 0.1) is 35.0 Å². The maximum absolute atomic E-state index is 13.5. The lowest BCUT2D eigenvalue weighted by Crippen LogP contribution is -2.17. The molecule has 2 atom stereocenters. The Morgan fingerprint density at radius 1 is 1.23 bits per heavy atom. The third-order valence-corrected chi connectivity index (χ3v) is 7.11. The van der Waals surface area contributed by atoms with E-state index < -0.39 is 39.7 Å². The van der Waals surface area contributed by atoms with E-state index >= 15 is 0 Å². The molecule has 1 aliphatic rings. The summed E-state index contributed by atoms with van der Waals surface area (Å²) in [6, 6.07) is 6.56. The van der Waals surface area contributed by atoms with Crippen LogP contribution in [0.1, 0.15) is 41.6 Å². The Balaban J connectivity index is 1.86. The van der Waals surface area contributed by atoms with Gasteiger partial charge in [-0.3, -0.25) is 4.79 Å². The first kappa shape index (κ1) is 23.1. The fourth-order valence-corrected chi connectivity index (χ4v) is 5.34. The van der Waals surface area contributed by atoms with E-state index in [0.717, 1.165) is 24.3 Å². The number of methoxy groups -OCH3 is 1. The third-order valence-electron chi connectivity index (χ3n) is 5.23. The van der Waals surface area contributed by atoms with E-state index in [1.165, 1.54) is 19.2 Å². The number of nitrogens with one attached hydrogen (secondary N) is 1. The molecule has 6 nitrogen and oxygen atoms in total. The molecule has 0 radical (unpaired) electrons. The van der Waals surface area contributed by atoms with Crippen molar-refractivity contribution in [1.82, 2.24) is 0 Å². The zero-order valence-corrected chi connectivity index (χ0v) is 17.5. The Bertz CT molecular complexity index is 1070. The summed E-state index contributed by atoms with van der Waals surface area (Å²) in [7, 11) is -2.44. The van der Waals surface area contributed by atoms with Crippen molar-refractivity contribution in [1.29, 1.82) is 0 Å². The summed E-state index contributed by atoms with van der Waals surface area (Å²) in [5.41, 5.74) is -1.05. The van der Waals surface area contributed by atoms with Gasteiger partial charge in [0.2, 0.25) is 0 Å². The molecule has 1 aliphatic carbocycles. The van der Waals surface area contributed by atoms with Gasteiger partial charge in [-0.1, -0.05) is 0 Å². The molecule has 2 aromatic rings. The van der Waals surface area contributed by atoms with E-state index in [1.807, 2.05) is 0 Å². The van der Waals surface area contributed by atoms with Crippen LogP contribution in [0.5, 0.6) is 5.75 Å². The first-order chi connectivity index (χ1) is 14.6. The van der Waals surface area contributed by atoms with Crippen LogP contribution in [0.25, 0.3) is 0 Å². The van der Waals surface area contributed by atoms with Crippen molar-refractivity contribution >= 4 is 21.4 Å². The van der Waals surface area contributed by atoms with E-state index in [4.69, 9.17) is 4.74 Å². The Morgan fingerprint density at radius 2 is 1.97 bits per heavy atom. The second-order valence-corrected chi connectivity index (χ2v) is 9.50. The number of hydrogen-bond donors (Lipinski definition) is 2. The average molecular weight is 457 g/mol. The van der Waals surface area contributed by atoms with Gasteiger partial charge >= 0.3 is 0 Å². The van der Waals surface area contributed by atoms with Crippen LogP contribution in [-0.4, -0.2) is 38.4 Å². The highest BCUT2D eigenvalue weighted by Gasteiger charge is 2.29. The number of ether oxygens (including phenoxy) is 1. The summed E-state index contributed by atoms with van der Waals surface area (Å²) < 4.78 is 70.0. The molecule has 0 bridgehead atoms. The highest BCUT2D eigenvalue weighted by atomic mass is 32.2. The van der Waals surface area contributed by atoms with Crippen LogP contribution in [-0.2, 0) is 9.84 Å². The van der Waals surface area contributed by atoms with Crippen LogP contribution in [0.4, 0.5) is 18.9 Å². The van der Waals surface area contributed by atoms with Crippen LogP contribution in [0, 0.1) is 11.7 Å². The first-order valence-corrected chi connectivity index (χ1v) is 11.2. The van der Waals surface area contributed by atoms with E-state index in [1.54, 1.807) is 0 Å². The van der Waals surface area contributed by atoms with Gasteiger partial charge in [0, 0.05) is 5.69 Å². The fourth-order valence-electron chi connectivity index (χ4n) is 3.65. The normalized spacial score (nSPS) is 18.9. The molecule has 0 aliphatic heterocycles. The minimum atomic E-state index is -3.74. The molecule has 168 valence electrons. The monoisotopic (exact) mass is 457 g/mol. The number of benzene rings is 2. The second-order valence-electron chi connectivity index (χ2n) is 7.47. The molecular weight excluding hydrogens is 435 g/mol. The second kappa shape index (κ2) is 9.27. The van der Waals surface area contributed by atoms with Crippen molar-refractivity contribution in [3.05, 3.63) is 53.3 Å². The Hall–Kier alpha value is -2.59. The molecule has 2 aromatic carbocycles. The number of amides is 1. The summed E-state index contributed by atoms with van der Waals surface area (Å²) in [5, 5.41) is 12.0. The maximum Gasteiger partial charge on any atom is 0.266 e. The van der Waals surface area contributed by atoms with Gasteiger partial charge in [0.25, 0.3) is 12.3 Å². The van der Waals surface area contributed by atoms with Crippen molar-refractivity contribution in [2.75, 3.05) is 18.2 Å². The van der Waals surface area contributed by atoms with Gasteiger partial charge < -0.3 is 15.2 Å². The number of carbonyl (C=O) groups excluding carboxylic acids is 1. The number of rotatable bonds is 7. The Morgan fingerprint density at radius 3 is 2.58 bits per heavy atom. The predicted molar refractivity (Wildman–Crippen MR) is 108 cm³/mol. The molecule has 0 heterocycles. The van der Waals surface area contributed by atoms with Gasteiger partial charge in [0.15, 0.2) is 9.84 Å². The maximum atomic E-state index is 13.5. The van der Waals surface area contributed by atoms with Gasteiger partial charge in [-0.15, -0.1) is 0 Å². The van der Waals surface area contributed by atoms with Gasteiger partial charge in [0.1, 0.15) is 11.6 Å². The summed E-state index contributed by atoms with van der Waals surface area (Å²) in [6.07, 6.45) is -2.02.